The number of hydrogen-bond acceptors (Lipinski definition) is 6. The molecule has 0 aliphatic heterocycles. The number of carbonyl (C=O) groups excluding carboxylic acids is 1. The maximum Gasteiger partial charge on any atom is 0.344 e. The Hall–Kier alpha value is -3.28. The average molecular weight is 396 g/mol. The zero-order valence-corrected chi connectivity index (χ0v) is 17.0. The van der Waals surface area contributed by atoms with Crippen molar-refractivity contribution in [3.8, 4) is 11.5 Å². The molecule has 0 amide bonds. The van der Waals surface area contributed by atoms with Crippen molar-refractivity contribution in [2.75, 3.05) is 13.7 Å². The van der Waals surface area contributed by atoms with E-state index >= 15 is 0 Å². The summed E-state index contributed by atoms with van der Waals surface area (Å²) in [5.41, 5.74) is 1.64. The van der Waals surface area contributed by atoms with Gasteiger partial charge in [-0.3, -0.25) is 0 Å². The van der Waals surface area contributed by atoms with E-state index in [-0.39, 0.29) is 18.6 Å². The van der Waals surface area contributed by atoms with Crippen LogP contribution in [0.15, 0.2) is 57.7 Å². The van der Waals surface area contributed by atoms with Crippen LogP contribution in [0.2, 0.25) is 0 Å². The summed E-state index contributed by atoms with van der Waals surface area (Å²) in [5, 5.41) is 0.678. The van der Waals surface area contributed by atoms with Gasteiger partial charge in [-0.2, -0.15) is 0 Å². The lowest BCUT2D eigenvalue weighted by atomic mass is 9.87. The maximum atomic E-state index is 12.1. The molecule has 0 bridgehead atoms. The molecule has 3 aromatic rings. The van der Waals surface area contributed by atoms with E-state index in [1.54, 1.807) is 18.2 Å². The summed E-state index contributed by atoms with van der Waals surface area (Å²) < 4.78 is 21.1. The molecule has 0 unspecified atom stereocenters. The Morgan fingerprint density at radius 2 is 1.69 bits per heavy atom. The molecule has 0 spiro atoms. The molecule has 2 aromatic carbocycles. The molecule has 0 atom stereocenters. The van der Waals surface area contributed by atoms with Gasteiger partial charge in [-0.25, -0.2) is 9.59 Å². The first kappa shape index (κ1) is 20.5. The summed E-state index contributed by atoms with van der Waals surface area (Å²) in [6, 6.07) is 14.1. The number of fused-ring (bicyclic) bond motifs is 1. The van der Waals surface area contributed by atoms with Gasteiger partial charge in [0.1, 0.15) is 23.7 Å². The third-order valence-corrected chi connectivity index (χ3v) is 4.50. The van der Waals surface area contributed by atoms with Crippen molar-refractivity contribution in [2.45, 2.75) is 32.8 Å². The third kappa shape index (κ3) is 5.16. The monoisotopic (exact) mass is 396 g/mol. The standard InChI is InChI=1S/C23H24O6/c1-23(2,3)16-5-7-17(8-6-16)27-14-22(25)28-13-15-11-21(24)29-20-12-18(26-4)9-10-19(15)20/h5-12H,13-14H2,1-4H3. The molecule has 0 aliphatic rings. The summed E-state index contributed by atoms with van der Waals surface area (Å²) in [4.78, 5) is 23.9. The van der Waals surface area contributed by atoms with Gasteiger partial charge in [0.15, 0.2) is 6.61 Å². The van der Waals surface area contributed by atoms with Crippen LogP contribution in [0.1, 0.15) is 31.9 Å². The van der Waals surface area contributed by atoms with Crippen LogP contribution >= 0.6 is 0 Å². The lowest BCUT2D eigenvalue weighted by Gasteiger charge is -2.19. The van der Waals surface area contributed by atoms with E-state index in [1.165, 1.54) is 18.7 Å². The molecule has 0 aliphatic carbocycles. The van der Waals surface area contributed by atoms with E-state index in [9.17, 15) is 9.59 Å². The molecule has 6 heteroatoms. The van der Waals surface area contributed by atoms with Crippen LogP contribution in [0, 0.1) is 0 Å². The smallest absolute Gasteiger partial charge is 0.344 e. The number of carbonyl (C=O) groups is 1. The molecule has 1 aromatic heterocycles. The number of esters is 1. The van der Waals surface area contributed by atoms with Crippen LogP contribution in [-0.2, 0) is 21.6 Å². The van der Waals surface area contributed by atoms with Crippen LogP contribution in [0.3, 0.4) is 0 Å². The molecule has 0 saturated heterocycles. The number of benzene rings is 2. The van der Waals surface area contributed by atoms with Crippen LogP contribution in [0.25, 0.3) is 11.0 Å². The quantitative estimate of drug-likeness (QED) is 0.459. The number of methoxy groups -OCH3 is 1. The van der Waals surface area contributed by atoms with E-state index in [2.05, 4.69) is 20.8 Å². The second-order valence-electron chi connectivity index (χ2n) is 7.68. The first-order valence-electron chi connectivity index (χ1n) is 9.26. The van der Waals surface area contributed by atoms with Crippen molar-refractivity contribution >= 4 is 16.9 Å². The van der Waals surface area contributed by atoms with Gasteiger partial charge in [-0.05, 0) is 35.2 Å². The largest absolute Gasteiger partial charge is 0.497 e. The maximum absolute atomic E-state index is 12.1. The topological polar surface area (TPSA) is 75.0 Å². The van der Waals surface area contributed by atoms with Gasteiger partial charge in [0.05, 0.1) is 7.11 Å². The van der Waals surface area contributed by atoms with Gasteiger partial charge in [0.25, 0.3) is 0 Å². The number of ether oxygens (including phenoxy) is 3. The van der Waals surface area contributed by atoms with Crippen LogP contribution in [0.4, 0.5) is 0 Å². The predicted octanol–water partition coefficient (Wildman–Crippen LogP) is 4.22. The molecule has 152 valence electrons. The van der Waals surface area contributed by atoms with E-state index in [0.717, 1.165) is 0 Å². The molecule has 29 heavy (non-hydrogen) atoms. The van der Waals surface area contributed by atoms with Crippen LogP contribution in [-0.4, -0.2) is 19.7 Å². The fraction of sp³-hybridized carbons (Fsp3) is 0.304. The Bertz CT molecular complexity index is 1060. The lowest BCUT2D eigenvalue weighted by Crippen LogP contribution is -2.16. The highest BCUT2D eigenvalue weighted by Crippen LogP contribution is 2.25. The molecule has 0 N–H and O–H groups in total. The molecule has 0 radical (unpaired) electrons. The highest BCUT2D eigenvalue weighted by Gasteiger charge is 2.14. The van der Waals surface area contributed by atoms with Gasteiger partial charge >= 0.3 is 11.6 Å². The highest BCUT2D eigenvalue weighted by molar-refractivity contribution is 5.81. The Balaban J connectivity index is 1.61. The Morgan fingerprint density at radius 1 is 1.00 bits per heavy atom. The van der Waals surface area contributed by atoms with Gasteiger partial charge < -0.3 is 18.6 Å². The molecular weight excluding hydrogens is 372 g/mol. The first-order chi connectivity index (χ1) is 13.8. The van der Waals surface area contributed by atoms with Crippen LogP contribution < -0.4 is 15.1 Å². The number of hydrogen-bond donors (Lipinski definition) is 0. The molecule has 3 rings (SSSR count). The van der Waals surface area contributed by atoms with Crippen molar-refractivity contribution in [3.05, 3.63) is 70.1 Å². The Kier molecular flexibility index (Phi) is 5.92. The van der Waals surface area contributed by atoms with Gasteiger partial charge in [0.2, 0.25) is 0 Å². The summed E-state index contributed by atoms with van der Waals surface area (Å²) in [7, 11) is 1.53. The van der Waals surface area contributed by atoms with Crippen molar-refractivity contribution in [1.82, 2.24) is 0 Å². The minimum Gasteiger partial charge on any atom is -0.497 e. The average Bonchev–Trinajstić information content (AvgIpc) is 2.69. The fourth-order valence-corrected chi connectivity index (χ4v) is 2.85. The highest BCUT2D eigenvalue weighted by atomic mass is 16.6. The normalized spacial score (nSPS) is 11.3. The summed E-state index contributed by atoms with van der Waals surface area (Å²) in [6.07, 6.45) is 0. The summed E-state index contributed by atoms with van der Waals surface area (Å²) >= 11 is 0. The van der Waals surface area contributed by atoms with E-state index < -0.39 is 11.6 Å². The van der Waals surface area contributed by atoms with Crippen LogP contribution in [0.5, 0.6) is 11.5 Å². The lowest BCUT2D eigenvalue weighted by molar-refractivity contribution is -0.147. The van der Waals surface area contributed by atoms with E-state index in [4.69, 9.17) is 18.6 Å². The number of rotatable bonds is 6. The van der Waals surface area contributed by atoms with Gasteiger partial charge in [0, 0.05) is 23.1 Å². The zero-order valence-electron chi connectivity index (χ0n) is 17.0. The minimum absolute atomic E-state index is 0.0483. The SMILES string of the molecule is COc1ccc2c(COC(=O)COc3ccc(C(C)(C)C)cc3)cc(=O)oc2c1. The van der Waals surface area contributed by atoms with E-state index in [1.807, 2.05) is 24.3 Å². The molecule has 0 fully saturated rings. The molecule has 1 heterocycles. The van der Waals surface area contributed by atoms with Crippen molar-refractivity contribution in [3.63, 3.8) is 0 Å². The Morgan fingerprint density at radius 3 is 2.34 bits per heavy atom. The van der Waals surface area contributed by atoms with Crippen molar-refractivity contribution in [1.29, 1.82) is 0 Å². The summed E-state index contributed by atoms with van der Waals surface area (Å²) in [5.74, 6) is 0.633. The van der Waals surface area contributed by atoms with Crippen molar-refractivity contribution in [2.24, 2.45) is 0 Å². The predicted molar refractivity (Wildman–Crippen MR) is 109 cm³/mol. The third-order valence-electron chi connectivity index (χ3n) is 4.50. The fourth-order valence-electron chi connectivity index (χ4n) is 2.85. The molecule has 0 saturated carbocycles. The molecular formula is C23H24O6. The molecule has 6 nitrogen and oxygen atoms in total. The second-order valence-corrected chi connectivity index (χ2v) is 7.68. The van der Waals surface area contributed by atoms with E-state index in [0.29, 0.717) is 28.0 Å². The zero-order chi connectivity index (χ0) is 21.0. The first-order valence-corrected chi connectivity index (χ1v) is 9.26. The Labute approximate surface area is 169 Å². The van der Waals surface area contributed by atoms with Crippen molar-refractivity contribution < 1.29 is 23.4 Å². The summed E-state index contributed by atoms with van der Waals surface area (Å²) in [6.45, 7) is 6.11. The van der Waals surface area contributed by atoms with Gasteiger partial charge in [-0.15, -0.1) is 0 Å². The second kappa shape index (κ2) is 8.39. The van der Waals surface area contributed by atoms with Gasteiger partial charge in [-0.1, -0.05) is 32.9 Å². The minimum atomic E-state index is -0.528.